The van der Waals surface area contributed by atoms with Crippen molar-refractivity contribution >= 4 is 52.4 Å². The quantitative estimate of drug-likeness (QED) is 0.824. The fraction of sp³-hybridized carbons (Fsp3) is 0. The van der Waals surface area contributed by atoms with E-state index in [0.717, 1.165) is 0 Å². The average molecular weight is 346 g/mol. The van der Waals surface area contributed by atoms with Gasteiger partial charge in [-0.05, 0) is 24.3 Å². The zero-order valence-corrected chi connectivity index (χ0v) is 12.5. The van der Waals surface area contributed by atoms with Crippen molar-refractivity contribution in [1.82, 2.24) is 4.98 Å². The van der Waals surface area contributed by atoms with Crippen LogP contribution in [0.2, 0.25) is 15.2 Å². The number of halogens is 3. The molecule has 21 heavy (non-hydrogen) atoms. The van der Waals surface area contributed by atoms with E-state index >= 15 is 0 Å². The Balaban J connectivity index is 2.32. The minimum absolute atomic E-state index is 0.0217. The Morgan fingerprint density at radius 2 is 1.67 bits per heavy atom. The van der Waals surface area contributed by atoms with Crippen molar-refractivity contribution in [2.24, 2.45) is 0 Å². The van der Waals surface area contributed by atoms with Crippen molar-refractivity contribution in [3.63, 3.8) is 0 Å². The molecular weight excluding hydrogens is 339 g/mol. The first kappa shape index (κ1) is 15.6. The molecule has 2 N–H and O–H groups in total. The number of aromatic carboxylic acids is 1. The van der Waals surface area contributed by atoms with Crippen molar-refractivity contribution in [1.29, 1.82) is 0 Å². The maximum atomic E-state index is 12.1. The lowest BCUT2D eigenvalue weighted by molar-refractivity contribution is 0.0696. The maximum Gasteiger partial charge on any atom is 0.335 e. The summed E-state index contributed by atoms with van der Waals surface area (Å²) < 4.78 is 0. The smallest absolute Gasteiger partial charge is 0.335 e. The summed E-state index contributed by atoms with van der Waals surface area (Å²) >= 11 is 17.6. The molecule has 0 radical (unpaired) electrons. The predicted molar refractivity (Wildman–Crippen MR) is 80.6 cm³/mol. The van der Waals surface area contributed by atoms with Gasteiger partial charge in [0.25, 0.3) is 5.91 Å². The molecule has 1 aromatic heterocycles. The Morgan fingerprint density at radius 1 is 1.05 bits per heavy atom. The number of carbonyl (C=O) groups excluding carboxylic acids is 1. The minimum atomic E-state index is -1.17. The number of nitrogens with one attached hydrogen (secondary N) is 1. The summed E-state index contributed by atoms with van der Waals surface area (Å²) in [6, 6.07) is 5.24. The number of carboxylic acid groups (broad SMARTS) is 1. The largest absolute Gasteiger partial charge is 0.478 e. The number of aromatic nitrogens is 1. The van der Waals surface area contributed by atoms with E-state index in [1.54, 1.807) is 0 Å². The van der Waals surface area contributed by atoms with E-state index in [2.05, 4.69) is 10.3 Å². The Bertz CT molecular complexity index is 711. The molecule has 0 fully saturated rings. The zero-order valence-electron chi connectivity index (χ0n) is 10.2. The topological polar surface area (TPSA) is 79.3 Å². The number of carboxylic acids is 1. The predicted octanol–water partition coefficient (Wildman–Crippen LogP) is 3.99. The molecule has 1 heterocycles. The van der Waals surface area contributed by atoms with Gasteiger partial charge in [0.1, 0.15) is 5.15 Å². The molecule has 1 aromatic carbocycles. The number of benzene rings is 1. The van der Waals surface area contributed by atoms with Gasteiger partial charge in [0.05, 0.1) is 21.3 Å². The fourth-order valence-corrected chi connectivity index (χ4v) is 2.30. The molecule has 0 aliphatic heterocycles. The summed E-state index contributed by atoms with van der Waals surface area (Å²) in [6.45, 7) is 0. The van der Waals surface area contributed by atoms with Crippen LogP contribution in [0.15, 0.2) is 30.5 Å². The Labute approximate surface area is 134 Å². The number of hydrogen-bond donors (Lipinski definition) is 2. The van der Waals surface area contributed by atoms with Gasteiger partial charge in [-0.3, -0.25) is 4.79 Å². The highest BCUT2D eigenvalue weighted by Gasteiger charge is 2.15. The van der Waals surface area contributed by atoms with E-state index < -0.39 is 11.9 Å². The first-order valence-corrected chi connectivity index (χ1v) is 6.67. The molecule has 8 heteroatoms. The van der Waals surface area contributed by atoms with Crippen LogP contribution >= 0.6 is 34.8 Å². The zero-order chi connectivity index (χ0) is 15.6. The number of nitrogens with zero attached hydrogens (tertiary/aromatic N) is 1. The third-order valence-corrected chi connectivity index (χ3v) is 3.32. The van der Waals surface area contributed by atoms with E-state index in [4.69, 9.17) is 39.9 Å². The molecule has 0 aliphatic rings. The van der Waals surface area contributed by atoms with Crippen LogP contribution in [0.25, 0.3) is 0 Å². The molecule has 2 aromatic rings. The second-order valence-electron chi connectivity index (χ2n) is 3.94. The highest BCUT2D eigenvalue weighted by atomic mass is 35.5. The highest BCUT2D eigenvalue weighted by molar-refractivity contribution is 6.40. The van der Waals surface area contributed by atoms with Crippen LogP contribution in [0, 0.1) is 0 Å². The first-order chi connectivity index (χ1) is 9.88. The maximum absolute atomic E-state index is 12.1. The summed E-state index contributed by atoms with van der Waals surface area (Å²) in [4.78, 5) is 26.7. The van der Waals surface area contributed by atoms with Crippen LogP contribution in [0.3, 0.4) is 0 Å². The van der Waals surface area contributed by atoms with Crippen molar-refractivity contribution < 1.29 is 14.7 Å². The molecule has 0 spiro atoms. The van der Waals surface area contributed by atoms with Gasteiger partial charge in [0.2, 0.25) is 0 Å². The van der Waals surface area contributed by atoms with Crippen LogP contribution in [0.4, 0.5) is 5.69 Å². The van der Waals surface area contributed by atoms with Crippen molar-refractivity contribution in [2.45, 2.75) is 0 Å². The normalized spacial score (nSPS) is 10.2. The molecule has 0 aliphatic carbocycles. The molecule has 0 atom stereocenters. The van der Waals surface area contributed by atoms with Crippen molar-refractivity contribution in [3.8, 4) is 0 Å². The SMILES string of the molecule is O=C(O)c1cc(Cl)c(NC(=O)c2ccnc(Cl)c2)c(Cl)c1. The van der Waals surface area contributed by atoms with E-state index in [-0.39, 0.29) is 32.0 Å². The molecule has 5 nitrogen and oxygen atoms in total. The van der Waals surface area contributed by atoms with Gasteiger partial charge in [-0.15, -0.1) is 0 Å². The standard InChI is InChI=1S/C13H7Cl3N2O3/c14-8-3-7(13(20)21)4-9(15)11(8)18-12(19)6-1-2-17-10(16)5-6/h1-5H,(H,18,19)(H,20,21). The molecule has 2 rings (SSSR count). The van der Waals surface area contributed by atoms with E-state index in [1.165, 1.54) is 30.5 Å². The van der Waals surface area contributed by atoms with Gasteiger partial charge < -0.3 is 10.4 Å². The number of pyridine rings is 1. The van der Waals surface area contributed by atoms with Gasteiger partial charge in [-0.25, -0.2) is 9.78 Å². The highest BCUT2D eigenvalue weighted by Crippen LogP contribution is 2.32. The van der Waals surface area contributed by atoms with Crippen LogP contribution in [-0.4, -0.2) is 22.0 Å². The van der Waals surface area contributed by atoms with E-state index in [1.807, 2.05) is 0 Å². The summed E-state index contributed by atoms with van der Waals surface area (Å²) in [5.74, 6) is -1.66. The average Bonchev–Trinajstić information content (AvgIpc) is 2.42. The summed E-state index contributed by atoms with van der Waals surface area (Å²) in [6.07, 6.45) is 1.38. The molecule has 108 valence electrons. The van der Waals surface area contributed by atoms with Crippen LogP contribution < -0.4 is 5.32 Å². The second kappa shape index (κ2) is 6.30. The lowest BCUT2D eigenvalue weighted by Crippen LogP contribution is -2.13. The number of amides is 1. The molecule has 0 saturated carbocycles. The summed E-state index contributed by atoms with van der Waals surface area (Å²) in [5.41, 5.74) is 0.320. The molecule has 0 bridgehead atoms. The monoisotopic (exact) mass is 344 g/mol. The van der Waals surface area contributed by atoms with E-state index in [0.29, 0.717) is 0 Å². The number of hydrogen-bond acceptors (Lipinski definition) is 3. The van der Waals surface area contributed by atoms with E-state index in [9.17, 15) is 9.59 Å². The first-order valence-electron chi connectivity index (χ1n) is 5.53. The third kappa shape index (κ3) is 3.64. The molecule has 0 unspecified atom stereocenters. The number of rotatable bonds is 3. The number of carbonyl (C=O) groups is 2. The fourth-order valence-electron chi connectivity index (χ4n) is 1.55. The van der Waals surface area contributed by atoms with Gasteiger partial charge in [0.15, 0.2) is 0 Å². The second-order valence-corrected chi connectivity index (χ2v) is 5.14. The van der Waals surface area contributed by atoms with Gasteiger partial charge >= 0.3 is 5.97 Å². The molecule has 0 saturated heterocycles. The Kier molecular flexibility index (Phi) is 4.67. The lowest BCUT2D eigenvalue weighted by atomic mass is 10.2. The van der Waals surface area contributed by atoms with Gasteiger partial charge in [-0.2, -0.15) is 0 Å². The number of anilines is 1. The van der Waals surface area contributed by atoms with Crippen molar-refractivity contribution in [2.75, 3.05) is 5.32 Å². The van der Waals surface area contributed by atoms with Crippen molar-refractivity contribution in [3.05, 3.63) is 56.8 Å². The van der Waals surface area contributed by atoms with Crippen LogP contribution in [0.1, 0.15) is 20.7 Å². The van der Waals surface area contributed by atoms with Crippen LogP contribution in [0.5, 0.6) is 0 Å². The third-order valence-electron chi connectivity index (χ3n) is 2.52. The minimum Gasteiger partial charge on any atom is -0.478 e. The van der Waals surface area contributed by atoms with Gasteiger partial charge in [0, 0.05) is 11.8 Å². The summed E-state index contributed by atoms with van der Waals surface area (Å²) in [7, 11) is 0. The Hall–Kier alpha value is -1.82. The van der Waals surface area contributed by atoms with Crippen LogP contribution in [-0.2, 0) is 0 Å². The Morgan fingerprint density at radius 3 is 2.19 bits per heavy atom. The molecule has 1 amide bonds. The summed E-state index contributed by atoms with van der Waals surface area (Å²) in [5, 5.41) is 11.6. The lowest BCUT2D eigenvalue weighted by Gasteiger charge is -2.10. The van der Waals surface area contributed by atoms with Gasteiger partial charge in [-0.1, -0.05) is 34.8 Å². The molecular formula is C13H7Cl3N2O3.